The summed E-state index contributed by atoms with van der Waals surface area (Å²) in [6.07, 6.45) is 1.84. The van der Waals surface area contributed by atoms with Crippen LogP contribution in [0.15, 0.2) is 80.7 Å². The molecule has 25 heavy (non-hydrogen) atoms. The van der Waals surface area contributed by atoms with Crippen molar-refractivity contribution in [2.75, 3.05) is 0 Å². The molecule has 4 heteroatoms. The van der Waals surface area contributed by atoms with Crippen LogP contribution in [-0.2, 0) is 6.61 Å². The van der Waals surface area contributed by atoms with Crippen LogP contribution >= 0.6 is 31.9 Å². The van der Waals surface area contributed by atoms with Crippen LogP contribution in [0.5, 0.6) is 5.75 Å². The number of hydrogen-bond donors (Lipinski definition) is 0. The molecule has 0 aromatic heterocycles. The highest BCUT2D eigenvalue weighted by Gasteiger charge is 2.09. The monoisotopic (exact) mass is 457 g/mol. The van der Waals surface area contributed by atoms with Gasteiger partial charge in [-0.25, -0.2) is 0 Å². The van der Waals surface area contributed by atoms with Crippen LogP contribution in [0.1, 0.15) is 16.7 Å². The van der Waals surface area contributed by atoms with Crippen LogP contribution in [0.25, 0.3) is 0 Å². The molecular formula is C21H17Br2NO. The van der Waals surface area contributed by atoms with Gasteiger partial charge in [-0.3, -0.25) is 4.99 Å². The van der Waals surface area contributed by atoms with Crippen molar-refractivity contribution >= 4 is 43.8 Å². The first kappa shape index (κ1) is 17.9. The van der Waals surface area contributed by atoms with E-state index >= 15 is 0 Å². The molecule has 0 N–H and O–H groups in total. The first-order chi connectivity index (χ1) is 12.1. The molecule has 3 aromatic rings. The molecule has 2 nitrogen and oxygen atoms in total. The first-order valence-electron chi connectivity index (χ1n) is 7.88. The Labute approximate surface area is 164 Å². The second kappa shape index (κ2) is 8.45. The van der Waals surface area contributed by atoms with Gasteiger partial charge >= 0.3 is 0 Å². The van der Waals surface area contributed by atoms with E-state index in [1.807, 2.05) is 48.7 Å². The summed E-state index contributed by atoms with van der Waals surface area (Å²) in [6, 6.07) is 22.2. The summed E-state index contributed by atoms with van der Waals surface area (Å²) in [5.74, 6) is 0.789. The normalized spacial score (nSPS) is 11.0. The van der Waals surface area contributed by atoms with Gasteiger partial charge in [0.1, 0.15) is 12.4 Å². The minimum atomic E-state index is 0.523. The number of aliphatic imine (C=N–C) groups is 1. The highest BCUT2D eigenvalue weighted by Crippen LogP contribution is 2.35. The molecule has 0 radical (unpaired) electrons. The van der Waals surface area contributed by atoms with Gasteiger partial charge in [-0.15, -0.1) is 0 Å². The predicted molar refractivity (Wildman–Crippen MR) is 111 cm³/mol. The Kier molecular flexibility index (Phi) is 6.05. The van der Waals surface area contributed by atoms with Crippen molar-refractivity contribution in [2.45, 2.75) is 13.5 Å². The van der Waals surface area contributed by atoms with Crippen molar-refractivity contribution in [3.63, 3.8) is 0 Å². The Bertz CT molecular complexity index is 851. The lowest BCUT2D eigenvalue weighted by Crippen LogP contribution is -1.97. The molecule has 0 bridgehead atoms. The third-order valence-electron chi connectivity index (χ3n) is 3.64. The van der Waals surface area contributed by atoms with E-state index < -0.39 is 0 Å². The van der Waals surface area contributed by atoms with Crippen molar-refractivity contribution < 1.29 is 4.74 Å². The molecule has 3 rings (SSSR count). The van der Waals surface area contributed by atoms with Gasteiger partial charge in [0.05, 0.1) is 14.6 Å². The van der Waals surface area contributed by atoms with Gasteiger partial charge in [0.25, 0.3) is 0 Å². The van der Waals surface area contributed by atoms with E-state index in [4.69, 9.17) is 4.74 Å². The SMILES string of the molecule is Cc1ccc(COc2c(Br)cc(C=Nc3ccccc3)cc2Br)cc1. The molecule has 0 aliphatic heterocycles. The molecule has 0 amide bonds. The second-order valence-corrected chi connectivity index (χ2v) is 7.39. The van der Waals surface area contributed by atoms with Gasteiger partial charge < -0.3 is 4.74 Å². The number of hydrogen-bond acceptors (Lipinski definition) is 2. The van der Waals surface area contributed by atoms with E-state index in [-0.39, 0.29) is 0 Å². The number of benzene rings is 3. The molecular weight excluding hydrogens is 442 g/mol. The molecule has 0 fully saturated rings. The Morgan fingerprint density at radius 2 is 1.56 bits per heavy atom. The van der Waals surface area contributed by atoms with Gasteiger partial charge in [0, 0.05) is 6.21 Å². The number of aryl methyl sites for hydroxylation is 1. The Hall–Kier alpha value is -1.91. The van der Waals surface area contributed by atoms with Crippen LogP contribution in [0.4, 0.5) is 5.69 Å². The molecule has 0 aliphatic carbocycles. The average molecular weight is 459 g/mol. The predicted octanol–water partition coefficient (Wildman–Crippen LogP) is 6.85. The summed E-state index contributed by atoms with van der Waals surface area (Å²) in [5.41, 5.74) is 4.30. The van der Waals surface area contributed by atoms with Crippen LogP contribution in [0, 0.1) is 6.92 Å². The summed E-state index contributed by atoms with van der Waals surface area (Å²) in [7, 11) is 0. The molecule has 0 saturated carbocycles. The maximum absolute atomic E-state index is 5.97. The van der Waals surface area contributed by atoms with Crippen molar-refractivity contribution in [3.05, 3.63) is 92.4 Å². The standard InChI is InChI=1S/C21H17Br2NO/c1-15-7-9-16(10-8-15)14-25-21-19(22)11-17(12-20(21)23)13-24-18-5-3-2-4-6-18/h2-13H,14H2,1H3. The number of para-hydroxylation sites is 1. The molecule has 0 unspecified atom stereocenters. The molecule has 126 valence electrons. The summed E-state index contributed by atoms with van der Waals surface area (Å²) < 4.78 is 7.76. The summed E-state index contributed by atoms with van der Waals surface area (Å²) >= 11 is 7.19. The van der Waals surface area contributed by atoms with Crippen molar-refractivity contribution in [1.82, 2.24) is 0 Å². The fraction of sp³-hybridized carbons (Fsp3) is 0.0952. The summed E-state index contributed by atoms with van der Waals surface area (Å²) in [6.45, 7) is 2.60. The zero-order valence-electron chi connectivity index (χ0n) is 13.7. The fourth-order valence-corrected chi connectivity index (χ4v) is 3.75. The fourth-order valence-electron chi connectivity index (χ4n) is 2.29. The van der Waals surface area contributed by atoms with E-state index in [1.54, 1.807) is 0 Å². The third kappa shape index (κ3) is 5.03. The van der Waals surface area contributed by atoms with Crippen molar-refractivity contribution in [1.29, 1.82) is 0 Å². The lowest BCUT2D eigenvalue weighted by atomic mass is 10.2. The van der Waals surface area contributed by atoms with E-state index in [1.165, 1.54) is 5.56 Å². The Morgan fingerprint density at radius 3 is 2.20 bits per heavy atom. The van der Waals surface area contributed by atoms with Gasteiger partial charge in [-0.1, -0.05) is 48.0 Å². The van der Waals surface area contributed by atoms with Crippen LogP contribution in [0.2, 0.25) is 0 Å². The van der Waals surface area contributed by atoms with Gasteiger partial charge in [-0.2, -0.15) is 0 Å². The highest BCUT2D eigenvalue weighted by atomic mass is 79.9. The molecule has 0 atom stereocenters. The minimum Gasteiger partial charge on any atom is -0.487 e. The molecule has 0 saturated heterocycles. The first-order valence-corrected chi connectivity index (χ1v) is 9.47. The molecule has 0 heterocycles. The molecule has 3 aromatic carbocycles. The lowest BCUT2D eigenvalue weighted by Gasteiger charge is -2.11. The van der Waals surface area contributed by atoms with Gasteiger partial charge in [0.2, 0.25) is 0 Å². The maximum atomic E-state index is 5.97. The van der Waals surface area contributed by atoms with Crippen LogP contribution in [0.3, 0.4) is 0 Å². The molecule has 0 spiro atoms. The van der Waals surface area contributed by atoms with E-state index in [0.29, 0.717) is 6.61 Å². The summed E-state index contributed by atoms with van der Waals surface area (Å²) in [4.78, 5) is 4.48. The number of nitrogens with zero attached hydrogens (tertiary/aromatic N) is 1. The third-order valence-corrected chi connectivity index (χ3v) is 4.82. The topological polar surface area (TPSA) is 21.6 Å². The average Bonchev–Trinajstić information content (AvgIpc) is 2.62. The zero-order chi connectivity index (χ0) is 17.6. The van der Waals surface area contributed by atoms with E-state index in [9.17, 15) is 0 Å². The minimum absolute atomic E-state index is 0.523. The highest BCUT2D eigenvalue weighted by molar-refractivity contribution is 9.11. The second-order valence-electron chi connectivity index (χ2n) is 5.68. The quantitative estimate of drug-likeness (QED) is 0.383. The Morgan fingerprint density at radius 1 is 0.920 bits per heavy atom. The smallest absolute Gasteiger partial charge is 0.148 e. The zero-order valence-corrected chi connectivity index (χ0v) is 16.9. The molecule has 0 aliphatic rings. The van der Waals surface area contributed by atoms with Gasteiger partial charge in [0.15, 0.2) is 0 Å². The van der Waals surface area contributed by atoms with Crippen molar-refractivity contribution in [2.24, 2.45) is 4.99 Å². The Balaban J connectivity index is 1.73. The van der Waals surface area contributed by atoms with Crippen LogP contribution in [-0.4, -0.2) is 6.21 Å². The lowest BCUT2D eigenvalue weighted by molar-refractivity contribution is 0.302. The van der Waals surface area contributed by atoms with Crippen LogP contribution < -0.4 is 4.74 Å². The number of halogens is 2. The number of ether oxygens (including phenoxy) is 1. The van der Waals surface area contributed by atoms with Gasteiger partial charge in [-0.05, 0) is 74.2 Å². The summed E-state index contributed by atoms with van der Waals surface area (Å²) in [5, 5.41) is 0. The maximum Gasteiger partial charge on any atom is 0.148 e. The largest absolute Gasteiger partial charge is 0.487 e. The van der Waals surface area contributed by atoms with Crippen molar-refractivity contribution in [3.8, 4) is 5.75 Å². The van der Waals surface area contributed by atoms with E-state index in [0.717, 1.165) is 31.5 Å². The number of rotatable bonds is 5. The van der Waals surface area contributed by atoms with E-state index in [2.05, 4.69) is 68.0 Å².